The molecule has 18 heavy (non-hydrogen) atoms. The second-order valence-electron chi connectivity index (χ2n) is 4.71. The van der Waals surface area contributed by atoms with Crippen molar-refractivity contribution in [2.45, 2.75) is 17.9 Å². The fraction of sp³-hybridized carbons (Fsp3) is 0.500. The largest absolute Gasteiger partial charge is 0.355 e. The second-order valence-corrected chi connectivity index (χ2v) is 6.04. The van der Waals surface area contributed by atoms with Crippen molar-refractivity contribution in [3.8, 4) is 0 Å². The minimum atomic E-state index is 0.0123. The van der Waals surface area contributed by atoms with Crippen molar-refractivity contribution in [1.29, 1.82) is 0 Å². The van der Waals surface area contributed by atoms with Crippen LogP contribution in [0.5, 0.6) is 0 Å². The van der Waals surface area contributed by atoms with Crippen molar-refractivity contribution in [3.05, 3.63) is 35.9 Å². The lowest BCUT2D eigenvalue weighted by atomic mass is 10.0. The molecule has 1 aliphatic heterocycles. The van der Waals surface area contributed by atoms with E-state index in [1.54, 1.807) is 11.8 Å². The van der Waals surface area contributed by atoms with Crippen molar-refractivity contribution in [2.24, 2.45) is 5.92 Å². The molecule has 1 aromatic rings. The molecule has 0 bridgehead atoms. The Bertz CT molecular complexity index is 379. The molecule has 0 spiro atoms. The molecule has 0 radical (unpaired) electrons. The van der Waals surface area contributed by atoms with E-state index in [-0.39, 0.29) is 11.2 Å². The van der Waals surface area contributed by atoms with Crippen LogP contribution in [0.1, 0.15) is 12.5 Å². The van der Waals surface area contributed by atoms with Gasteiger partial charge in [-0.1, -0.05) is 30.3 Å². The van der Waals surface area contributed by atoms with Crippen LogP contribution in [0.3, 0.4) is 0 Å². The van der Waals surface area contributed by atoms with Gasteiger partial charge in [-0.2, -0.15) is 0 Å². The number of hydrogen-bond acceptors (Lipinski definition) is 3. The SMILES string of the molecule is CC(SCc1ccccc1)C(=O)NCC1CNC1. The summed E-state index contributed by atoms with van der Waals surface area (Å²) in [6, 6.07) is 10.3. The number of carbonyl (C=O) groups is 1. The molecule has 1 aromatic carbocycles. The van der Waals surface area contributed by atoms with E-state index < -0.39 is 0 Å². The Labute approximate surface area is 113 Å². The Hall–Kier alpha value is -1.00. The van der Waals surface area contributed by atoms with Crippen molar-refractivity contribution >= 4 is 17.7 Å². The fourth-order valence-electron chi connectivity index (χ4n) is 1.75. The van der Waals surface area contributed by atoms with Crippen molar-refractivity contribution in [1.82, 2.24) is 10.6 Å². The summed E-state index contributed by atoms with van der Waals surface area (Å²) < 4.78 is 0. The molecule has 1 saturated heterocycles. The lowest BCUT2D eigenvalue weighted by Crippen LogP contribution is -2.49. The van der Waals surface area contributed by atoms with Gasteiger partial charge < -0.3 is 10.6 Å². The molecule has 1 amide bonds. The third-order valence-electron chi connectivity index (χ3n) is 3.14. The lowest BCUT2D eigenvalue weighted by Gasteiger charge is -2.27. The Morgan fingerprint density at radius 1 is 1.44 bits per heavy atom. The van der Waals surface area contributed by atoms with Crippen molar-refractivity contribution < 1.29 is 4.79 Å². The quantitative estimate of drug-likeness (QED) is 0.821. The first-order valence-electron chi connectivity index (χ1n) is 6.39. The number of nitrogens with one attached hydrogen (secondary N) is 2. The average Bonchev–Trinajstić information content (AvgIpc) is 2.35. The first kappa shape index (κ1) is 13.4. The molecule has 1 atom stereocenters. The van der Waals surface area contributed by atoms with Crippen LogP contribution in [0, 0.1) is 5.92 Å². The van der Waals surface area contributed by atoms with Gasteiger partial charge in [-0.3, -0.25) is 4.79 Å². The predicted molar refractivity (Wildman–Crippen MR) is 76.6 cm³/mol. The van der Waals surface area contributed by atoms with Crippen LogP contribution in [0.2, 0.25) is 0 Å². The molecule has 4 heteroatoms. The maximum Gasteiger partial charge on any atom is 0.232 e. The van der Waals surface area contributed by atoms with Gasteiger partial charge in [0.1, 0.15) is 0 Å². The highest BCUT2D eigenvalue weighted by Gasteiger charge is 2.19. The zero-order valence-electron chi connectivity index (χ0n) is 10.7. The molecule has 0 aromatic heterocycles. The topological polar surface area (TPSA) is 41.1 Å². The number of benzene rings is 1. The van der Waals surface area contributed by atoms with E-state index in [4.69, 9.17) is 0 Å². The van der Waals surface area contributed by atoms with Crippen LogP contribution in [0.25, 0.3) is 0 Å². The normalized spacial score (nSPS) is 16.9. The van der Waals surface area contributed by atoms with Crippen LogP contribution in [0.4, 0.5) is 0 Å². The van der Waals surface area contributed by atoms with E-state index in [1.807, 2.05) is 25.1 Å². The third-order valence-corrected chi connectivity index (χ3v) is 4.36. The smallest absolute Gasteiger partial charge is 0.232 e. The molecule has 1 heterocycles. The molecule has 2 N–H and O–H groups in total. The summed E-state index contributed by atoms with van der Waals surface area (Å²) in [6.45, 7) is 4.85. The predicted octanol–water partition coefficient (Wildman–Crippen LogP) is 1.64. The van der Waals surface area contributed by atoms with Gasteiger partial charge in [-0.05, 0) is 12.5 Å². The van der Waals surface area contributed by atoms with E-state index >= 15 is 0 Å². The minimum absolute atomic E-state index is 0.0123. The van der Waals surface area contributed by atoms with Gasteiger partial charge in [-0.25, -0.2) is 0 Å². The first-order chi connectivity index (χ1) is 8.75. The summed E-state index contributed by atoms with van der Waals surface area (Å²) in [5.41, 5.74) is 1.27. The molecule has 98 valence electrons. The molecular weight excluding hydrogens is 244 g/mol. The van der Waals surface area contributed by atoms with Gasteiger partial charge in [0.15, 0.2) is 0 Å². The molecule has 2 rings (SSSR count). The average molecular weight is 264 g/mol. The zero-order valence-corrected chi connectivity index (χ0v) is 11.5. The number of rotatable bonds is 6. The van der Waals surface area contributed by atoms with E-state index in [1.165, 1.54) is 5.56 Å². The Balaban J connectivity index is 1.66. The summed E-state index contributed by atoms with van der Waals surface area (Å²) in [5.74, 6) is 1.67. The highest BCUT2D eigenvalue weighted by molar-refractivity contribution is 7.99. The van der Waals surface area contributed by atoms with Gasteiger partial charge in [0.2, 0.25) is 5.91 Å². The molecule has 0 saturated carbocycles. The summed E-state index contributed by atoms with van der Waals surface area (Å²) in [7, 11) is 0. The molecule has 1 aliphatic rings. The van der Waals surface area contributed by atoms with E-state index in [2.05, 4.69) is 22.8 Å². The number of amides is 1. The Morgan fingerprint density at radius 2 is 2.17 bits per heavy atom. The van der Waals surface area contributed by atoms with Gasteiger partial charge >= 0.3 is 0 Å². The maximum absolute atomic E-state index is 11.9. The summed E-state index contributed by atoms with van der Waals surface area (Å²) in [5, 5.41) is 6.24. The van der Waals surface area contributed by atoms with Gasteiger partial charge in [-0.15, -0.1) is 11.8 Å². The van der Waals surface area contributed by atoms with Crippen molar-refractivity contribution in [2.75, 3.05) is 19.6 Å². The van der Waals surface area contributed by atoms with Crippen molar-refractivity contribution in [3.63, 3.8) is 0 Å². The van der Waals surface area contributed by atoms with Crippen LogP contribution in [-0.4, -0.2) is 30.8 Å². The van der Waals surface area contributed by atoms with Crippen LogP contribution in [0.15, 0.2) is 30.3 Å². The molecule has 1 fully saturated rings. The van der Waals surface area contributed by atoms with E-state index in [0.717, 1.165) is 25.4 Å². The van der Waals surface area contributed by atoms with Gasteiger partial charge in [0.25, 0.3) is 0 Å². The number of thioether (sulfide) groups is 1. The Morgan fingerprint density at radius 3 is 2.78 bits per heavy atom. The first-order valence-corrected chi connectivity index (χ1v) is 7.44. The summed E-state index contributed by atoms with van der Waals surface area (Å²) >= 11 is 1.69. The fourth-order valence-corrected chi connectivity index (χ4v) is 2.62. The lowest BCUT2D eigenvalue weighted by molar-refractivity contribution is -0.120. The van der Waals surface area contributed by atoms with Gasteiger partial charge in [0.05, 0.1) is 5.25 Å². The van der Waals surface area contributed by atoms with E-state index in [0.29, 0.717) is 5.92 Å². The molecule has 0 aliphatic carbocycles. The highest BCUT2D eigenvalue weighted by atomic mass is 32.2. The summed E-state index contributed by atoms with van der Waals surface area (Å²) in [6.07, 6.45) is 0. The minimum Gasteiger partial charge on any atom is -0.355 e. The van der Waals surface area contributed by atoms with E-state index in [9.17, 15) is 4.79 Å². The molecule has 3 nitrogen and oxygen atoms in total. The third kappa shape index (κ3) is 4.03. The standard InChI is InChI=1S/C14H20N2OS/c1-11(14(17)16-9-13-7-15-8-13)18-10-12-5-3-2-4-6-12/h2-6,11,13,15H,7-10H2,1H3,(H,16,17). The summed E-state index contributed by atoms with van der Waals surface area (Å²) in [4.78, 5) is 11.9. The Kier molecular flexibility index (Phi) is 5.08. The second kappa shape index (κ2) is 6.81. The maximum atomic E-state index is 11.9. The highest BCUT2D eigenvalue weighted by Crippen LogP contribution is 2.17. The number of hydrogen-bond donors (Lipinski definition) is 2. The monoisotopic (exact) mass is 264 g/mol. The van der Waals surface area contributed by atoms with Crippen LogP contribution >= 0.6 is 11.8 Å². The molecule has 1 unspecified atom stereocenters. The zero-order chi connectivity index (χ0) is 12.8. The van der Waals surface area contributed by atoms with Gasteiger partial charge in [0, 0.05) is 31.3 Å². The molecular formula is C14H20N2OS. The number of carbonyl (C=O) groups excluding carboxylic acids is 1. The van der Waals surface area contributed by atoms with Crippen LogP contribution in [-0.2, 0) is 10.5 Å². The van der Waals surface area contributed by atoms with Crippen LogP contribution < -0.4 is 10.6 Å².